The first-order valence-electron chi connectivity index (χ1n) is 6.23. The highest BCUT2D eigenvalue weighted by Crippen LogP contribution is 2.25. The normalized spacial score (nSPS) is 18.8. The van der Waals surface area contributed by atoms with E-state index >= 15 is 0 Å². The molecule has 1 aromatic carbocycles. The van der Waals surface area contributed by atoms with Gasteiger partial charge in [0.1, 0.15) is 6.10 Å². The van der Waals surface area contributed by atoms with Gasteiger partial charge >= 0.3 is 0 Å². The second-order valence-corrected chi connectivity index (χ2v) is 5.74. The molecular weight excluding hydrogens is 244 g/mol. The van der Waals surface area contributed by atoms with Crippen molar-refractivity contribution < 1.29 is 4.74 Å². The average Bonchev–Trinajstić information content (AvgIpc) is 2.77. The average molecular weight is 260 g/mol. The van der Waals surface area contributed by atoms with Crippen molar-refractivity contribution in [3.63, 3.8) is 0 Å². The highest BCUT2D eigenvalue weighted by Gasteiger charge is 2.10. The first-order chi connectivity index (χ1) is 8.81. The molecule has 0 amide bonds. The first kappa shape index (κ1) is 11.5. The van der Waals surface area contributed by atoms with E-state index in [1.807, 2.05) is 13.2 Å². The number of fused-ring (bicyclic) bond motifs is 1. The summed E-state index contributed by atoms with van der Waals surface area (Å²) in [6, 6.07) is 6.32. The summed E-state index contributed by atoms with van der Waals surface area (Å²) in [7, 11) is 0. The summed E-state index contributed by atoms with van der Waals surface area (Å²) >= 11 is 1.73. The molecule has 1 unspecified atom stereocenters. The zero-order valence-corrected chi connectivity index (χ0v) is 11.2. The van der Waals surface area contributed by atoms with Crippen molar-refractivity contribution in [2.24, 2.45) is 0 Å². The summed E-state index contributed by atoms with van der Waals surface area (Å²) in [4.78, 5) is 4.46. The van der Waals surface area contributed by atoms with Crippen LogP contribution in [0.25, 0.3) is 10.2 Å². The van der Waals surface area contributed by atoms with Crippen LogP contribution in [-0.4, -0.2) is 17.6 Å². The molecule has 18 heavy (non-hydrogen) atoms. The van der Waals surface area contributed by atoms with Crippen molar-refractivity contribution in [2.75, 3.05) is 11.9 Å². The van der Waals surface area contributed by atoms with Crippen molar-refractivity contribution in [2.45, 2.75) is 25.9 Å². The topological polar surface area (TPSA) is 34.2 Å². The van der Waals surface area contributed by atoms with E-state index in [2.05, 4.69) is 34.6 Å². The molecule has 94 valence electrons. The molecule has 2 aromatic rings. The third kappa shape index (κ3) is 2.48. The van der Waals surface area contributed by atoms with Gasteiger partial charge in [-0.05, 0) is 44.0 Å². The lowest BCUT2D eigenvalue weighted by Crippen LogP contribution is -2.22. The van der Waals surface area contributed by atoms with Crippen molar-refractivity contribution >= 4 is 27.2 Å². The van der Waals surface area contributed by atoms with Gasteiger partial charge in [0, 0.05) is 5.69 Å². The van der Waals surface area contributed by atoms with E-state index in [0.717, 1.165) is 35.6 Å². The van der Waals surface area contributed by atoms with E-state index in [0.29, 0.717) is 0 Å². The Morgan fingerprint density at radius 3 is 3.28 bits per heavy atom. The molecule has 1 aliphatic rings. The monoisotopic (exact) mass is 260 g/mol. The SMILES string of the molecule is Cc1nc2ccc(NCC3CCC=CO3)cc2s1. The number of aryl methyl sites for hydroxylation is 1. The minimum absolute atomic E-state index is 0.286. The highest BCUT2D eigenvalue weighted by molar-refractivity contribution is 7.18. The summed E-state index contributed by atoms with van der Waals surface area (Å²) < 4.78 is 6.78. The van der Waals surface area contributed by atoms with Crippen molar-refractivity contribution in [1.29, 1.82) is 0 Å². The maximum absolute atomic E-state index is 5.54. The Balaban J connectivity index is 1.68. The van der Waals surface area contributed by atoms with Crippen LogP contribution in [0.2, 0.25) is 0 Å². The van der Waals surface area contributed by atoms with Crippen molar-refractivity contribution in [1.82, 2.24) is 4.98 Å². The number of benzene rings is 1. The van der Waals surface area contributed by atoms with Crippen LogP contribution in [0, 0.1) is 6.92 Å². The number of rotatable bonds is 3. The van der Waals surface area contributed by atoms with Gasteiger partial charge in [0.25, 0.3) is 0 Å². The highest BCUT2D eigenvalue weighted by atomic mass is 32.1. The van der Waals surface area contributed by atoms with Crippen LogP contribution in [0.1, 0.15) is 17.8 Å². The van der Waals surface area contributed by atoms with Crippen molar-refractivity contribution in [3.8, 4) is 0 Å². The molecule has 0 saturated carbocycles. The zero-order chi connectivity index (χ0) is 12.4. The molecule has 0 radical (unpaired) electrons. The Labute approximate surface area is 110 Å². The fraction of sp³-hybridized carbons (Fsp3) is 0.357. The summed E-state index contributed by atoms with van der Waals surface area (Å²) in [5.41, 5.74) is 2.23. The number of allylic oxidation sites excluding steroid dienone is 1. The van der Waals surface area contributed by atoms with E-state index in [-0.39, 0.29) is 6.10 Å². The Morgan fingerprint density at radius 1 is 1.50 bits per heavy atom. The fourth-order valence-electron chi connectivity index (χ4n) is 2.12. The molecule has 0 spiro atoms. The van der Waals surface area contributed by atoms with Crippen LogP contribution in [0.3, 0.4) is 0 Å². The van der Waals surface area contributed by atoms with Gasteiger partial charge in [0.05, 0.1) is 28.0 Å². The zero-order valence-electron chi connectivity index (χ0n) is 10.3. The molecular formula is C14H16N2OS. The Bertz CT molecular complexity index is 576. The van der Waals surface area contributed by atoms with Gasteiger partial charge in [-0.25, -0.2) is 4.98 Å². The first-order valence-corrected chi connectivity index (χ1v) is 7.04. The number of nitrogens with one attached hydrogen (secondary N) is 1. The number of hydrogen-bond acceptors (Lipinski definition) is 4. The molecule has 0 aliphatic carbocycles. The lowest BCUT2D eigenvalue weighted by atomic mass is 10.1. The molecule has 1 N–H and O–H groups in total. The molecule has 1 atom stereocenters. The van der Waals surface area contributed by atoms with Crippen LogP contribution in [-0.2, 0) is 4.74 Å². The minimum Gasteiger partial charge on any atom is -0.497 e. The van der Waals surface area contributed by atoms with Crippen LogP contribution in [0.4, 0.5) is 5.69 Å². The number of nitrogens with zero attached hydrogens (tertiary/aromatic N) is 1. The molecule has 0 saturated heterocycles. The molecule has 1 aromatic heterocycles. The standard InChI is InChI=1S/C14H16N2OS/c1-10-16-13-6-5-11(8-14(13)18-10)15-9-12-4-2-3-7-17-12/h3,5-8,12,15H,2,4,9H2,1H3. The van der Waals surface area contributed by atoms with Gasteiger partial charge in [-0.15, -0.1) is 11.3 Å². The molecule has 4 heteroatoms. The number of aromatic nitrogens is 1. The minimum atomic E-state index is 0.286. The maximum Gasteiger partial charge on any atom is 0.115 e. The molecule has 0 bridgehead atoms. The number of anilines is 1. The van der Waals surface area contributed by atoms with Gasteiger partial charge in [0.15, 0.2) is 0 Å². The van der Waals surface area contributed by atoms with Crippen LogP contribution < -0.4 is 5.32 Å². The van der Waals surface area contributed by atoms with E-state index in [9.17, 15) is 0 Å². The van der Waals surface area contributed by atoms with Crippen molar-refractivity contribution in [3.05, 3.63) is 35.5 Å². The van der Waals surface area contributed by atoms with Crippen LogP contribution >= 0.6 is 11.3 Å². The lowest BCUT2D eigenvalue weighted by molar-refractivity contribution is 0.135. The summed E-state index contributed by atoms with van der Waals surface area (Å²) in [6.45, 7) is 2.90. The smallest absolute Gasteiger partial charge is 0.115 e. The van der Waals surface area contributed by atoms with Crippen LogP contribution in [0.15, 0.2) is 30.5 Å². The Kier molecular flexibility index (Phi) is 3.19. The molecule has 1 aliphatic heterocycles. The third-order valence-electron chi connectivity index (χ3n) is 3.05. The van der Waals surface area contributed by atoms with E-state index in [1.54, 1.807) is 11.3 Å². The van der Waals surface area contributed by atoms with Gasteiger partial charge < -0.3 is 10.1 Å². The molecule has 3 nitrogen and oxygen atoms in total. The van der Waals surface area contributed by atoms with E-state index in [4.69, 9.17) is 4.74 Å². The van der Waals surface area contributed by atoms with Gasteiger partial charge in [-0.3, -0.25) is 0 Å². The predicted molar refractivity (Wildman–Crippen MR) is 76.1 cm³/mol. The Hall–Kier alpha value is -1.55. The second-order valence-electron chi connectivity index (χ2n) is 4.50. The fourth-order valence-corrected chi connectivity index (χ4v) is 2.98. The molecule has 2 heterocycles. The molecule has 3 rings (SSSR count). The van der Waals surface area contributed by atoms with E-state index < -0.39 is 0 Å². The Morgan fingerprint density at radius 2 is 2.44 bits per heavy atom. The second kappa shape index (κ2) is 4.98. The molecule has 0 fully saturated rings. The summed E-state index contributed by atoms with van der Waals surface area (Å²) in [5, 5.41) is 4.55. The predicted octanol–water partition coefficient (Wildman–Crippen LogP) is 3.71. The van der Waals surface area contributed by atoms with Crippen LogP contribution in [0.5, 0.6) is 0 Å². The summed E-state index contributed by atoms with van der Waals surface area (Å²) in [6.07, 6.45) is 6.37. The van der Waals surface area contributed by atoms with E-state index in [1.165, 1.54) is 4.70 Å². The summed E-state index contributed by atoms with van der Waals surface area (Å²) in [5.74, 6) is 0. The quantitative estimate of drug-likeness (QED) is 0.913. The van der Waals surface area contributed by atoms with Gasteiger partial charge in [0.2, 0.25) is 0 Å². The maximum atomic E-state index is 5.54. The number of ether oxygens (including phenoxy) is 1. The van der Waals surface area contributed by atoms with Gasteiger partial charge in [-0.1, -0.05) is 0 Å². The number of thiazole rings is 1. The largest absolute Gasteiger partial charge is 0.497 e. The number of hydrogen-bond donors (Lipinski definition) is 1. The third-order valence-corrected chi connectivity index (χ3v) is 3.99. The van der Waals surface area contributed by atoms with Gasteiger partial charge in [-0.2, -0.15) is 0 Å². The lowest BCUT2D eigenvalue weighted by Gasteiger charge is -2.20.